The summed E-state index contributed by atoms with van der Waals surface area (Å²) in [7, 11) is 0. The molecule has 4 aromatic rings. The lowest BCUT2D eigenvalue weighted by molar-refractivity contribution is -0.122. The average molecular weight is 493 g/mol. The Balaban J connectivity index is 1.40. The third kappa shape index (κ3) is 4.32. The van der Waals surface area contributed by atoms with Crippen LogP contribution in [0.5, 0.6) is 0 Å². The number of carbonyl (C=O) groups excluding carboxylic acids is 1. The molecule has 2 aromatic heterocycles. The number of rotatable bonds is 6. The zero-order valence-corrected chi connectivity index (χ0v) is 21.1. The number of aryl methyl sites for hydroxylation is 1. The predicted molar refractivity (Wildman–Crippen MR) is 145 cm³/mol. The number of fused-ring (bicyclic) bond motifs is 4. The Morgan fingerprint density at radius 3 is 2.54 bits per heavy atom. The SMILES string of the molecule is N#Cc1c2c(c(N3CCC(C(N)=O)CC3)n3c1nc1ccccc13)CN(CCCc1ccccc1)CC2. The number of anilines is 1. The average Bonchev–Trinajstić information content (AvgIpc) is 3.31. The first-order valence-corrected chi connectivity index (χ1v) is 13.3. The normalized spacial score (nSPS) is 16.7. The van der Waals surface area contributed by atoms with Crippen molar-refractivity contribution in [2.45, 2.75) is 38.6 Å². The van der Waals surface area contributed by atoms with E-state index >= 15 is 0 Å². The van der Waals surface area contributed by atoms with E-state index in [1.165, 1.54) is 11.1 Å². The van der Waals surface area contributed by atoms with Gasteiger partial charge in [0, 0.05) is 37.7 Å². The molecule has 2 aliphatic rings. The Morgan fingerprint density at radius 2 is 1.78 bits per heavy atom. The van der Waals surface area contributed by atoms with E-state index in [1.807, 2.05) is 18.2 Å². The van der Waals surface area contributed by atoms with Gasteiger partial charge in [0.05, 0.1) is 16.6 Å². The number of para-hydroxylation sites is 2. The largest absolute Gasteiger partial charge is 0.369 e. The van der Waals surface area contributed by atoms with Gasteiger partial charge in [0.15, 0.2) is 5.65 Å². The lowest BCUT2D eigenvalue weighted by atomic mass is 9.92. The van der Waals surface area contributed by atoms with Crippen molar-refractivity contribution in [3.05, 3.63) is 76.9 Å². The van der Waals surface area contributed by atoms with Gasteiger partial charge in [-0.1, -0.05) is 42.5 Å². The fourth-order valence-electron chi connectivity index (χ4n) is 6.15. The zero-order chi connectivity index (χ0) is 25.4. The van der Waals surface area contributed by atoms with Gasteiger partial charge in [-0.15, -0.1) is 0 Å². The van der Waals surface area contributed by atoms with E-state index in [0.29, 0.717) is 5.56 Å². The van der Waals surface area contributed by atoms with E-state index in [2.05, 4.69) is 56.7 Å². The molecule has 7 nitrogen and oxygen atoms in total. The van der Waals surface area contributed by atoms with Crippen molar-refractivity contribution in [1.29, 1.82) is 5.26 Å². The molecule has 2 aliphatic heterocycles. The third-order valence-electron chi connectivity index (χ3n) is 8.08. The van der Waals surface area contributed by atoms with Crippen molar-refractivity contribution < 1.29 is 4.79 Å². The van der Waals surface area contributed by atoms with E-state index in [9.17, 15) is 10.1 Å². The van der Waals surface area contributed by atoms with Crippen LogP contribution in [0.2, 0.25) is 0 Å². The summed E-state index contributed by atoms with van der Waals surface area (Å²) in [6.07, 6.45) is 4.50. The fraction of sp³-hybridized carbons (Fsp3) is 0.367. The Hall–Kier alpha value is -3.89. The zero-order valence-electron chi connectivity index (χ0n) is 21.1. The van der Waals surface area contributed by atoms with Crippen molar-refractivity contribution in [1.82, 2.24) is 14.3 Å². The lowest BCUT2D eigenvalue weighted by Gasteiger charge is -2.38. The van der Waals surface area contributed by atoms with Gasteiger partial charge < -0.3 is 10.6 Å². The summed E-state index contributed by atoms with van der Waals surface area (Å²) in [6, 6.07) is 21.3. The highest BCUT2D eigenvalue weighted by Gasteiger charge is 2.32. The second kappa shape index (κ2) is 9.87. The van der Waals surface area contributed by atoms with Gasteiger partial charge in [0.2, 0.25) is 5.91 Å². The number of hydrogen-bond acceptors (Lipinski definition) is 5. The van der Waals surface area contributed by atoms with Gasteiger partial charge >= 0.3 is 0 Å². The third-order valence-corrected chi connectivity index (χ3v) is 8.08. The minimum Gasteiger partial charge on any atom is -0.369 e. The summed E-state index contributed by atoms with van der Waals surface area (Å²) in [5.41, 5.74) is 12.7. The molecule has 1 saturated heterocycles. The van der Waals surface area contributed by atoms with Crippen LogP contribution in [0, 0.1) is 17.2 Å². The molecule has 4 heterocycles. The molecule has 0 spiro atoms. The van der Waals surface area contributed by atoms with Gasteiger partial charge in [-0.05, 0) is 61.9 Å². The Labute approximate surface area is 217 Å². The molecule has 0 saturated carbocycles. The number of pyridine rings is 1. The van der Waals surface area contributed by atoms with Gasteiger partial charge in [0.1, 0.15) is 11.9 Å². The van der Waals surface area contributed by atoms with E-state index in [1.54, 1.807) is 0 Å². The molecule has 0 bridgehead atoms. The maximum absolute atomic E-state index is 11.9. The number of carbonyl (C=O) groups is 1. The number of imidazole rings is 1. The number of nitrogens with zero attached hydrogens (tertiary/aromatic N) is 5. The van der Waals surface area contributed by atoms with E-state index in [0.717, 1.165) is 92.9 Å². The quantitative estimate of drug-likeness (QED) is 0.439. The van der Waals surface area contributed by atoms with E-state index < -0.39 is 0 Å². The summed E-state index contributed by atoms with van der Waals surface area (Å²) < 4.78 is 2.20. The first-order chi connectivity index (χ1) is 18.1. The first kappa shape index (κ1) is 23.5. The Morgan fingerprint density at radius 1 is 1.03 bits per heavy atom. The molecule has 7 heteroatoms. The number of benzene rings is 2. The number of primary amides is 1. The van der Waals surface area contributed by atoms with Crippen LogP contribution >= 0.6 is 0 Å². The van der Waals surface area contributed by atoms with Crippen LogP contribution in [0.3, 0.4) is 0 Å². The van der Waals surface area contributed by atoms with E-state index in [4.69, 9.17) is 10.7 Å². The molecular weight excluding hydrogens is 460 g/mol. The summed E-state index contributed by atoms with van der Waals surface area (Å²) in [5.74, 6) is 0.854. The predicted octanol–water partition coefficient (Wildman–Crippen LogP) is 4.05. The number of hydrogen-bond donors (Lipinski definition) is 1. The summed E-state index contributed by atoms with van der Waals surface area (Å²) in [4.78, 5) is 21.7. The van der Waals surface area contributed by atoms with Crippen molar-refractivity contribution >= 4 is 28.4 Å². The standard InChI is InChI=1S/C30H32N6O/c31-19-24-23-14-16-34(15-6-9-21-7-2-1-3-8-21)20-25(23)30(35-17-12-22(13-18-35)28(32)37)36-27-11-5-4-10-26(27)33-29(24)36/h1-5,7-8,10-11,22H,6,9,12-18,20H2,(H2,32,37). The lowest BCUT2D eigenvalue weighted by Crippen LogP contribution is -2.41. The summed E-state index contributed by atoms with van der Waals surface area (Å²) in [5, 5.41) is 10.3. The number of nitriles is 1. The monoisotopic (exact) mass is 492 g/mol. The maximum Gasteiger partial charge on any atom is 0.220 e. The van der Waals surface area contributed by atoms with Gasteiger partial charge in [-0.25, -0.2) is 4.98 Å². The highest BCUT2D eigenvalue weighted by molar-refractivity contribution is 5.86. The fourth-order valence-corrected chi connectivity index (χ4v) is 6.15. The van der Waals surface area contributed by atoms with Gasteiger partial charge in [0.25, 0.3) is 0 Å². The van der Waals surface area contributed by atoms with Gasteiger partial charge in [-0.2, -0.15) is 5.26 Å². The van der Waals surface area contributed by atoms with Crippen LogP contribution in [0.1, 0.15) is 41.5 Å². The van der Waals surface area contributed by atoms with Crippen LogP contribution in [0.4, 0.5) is 5.82 Å². The maximum atomic E-state index is 11.9. The molecule has 37 heavy (non-hydrogen) atoms. The number of nitrogens with two attached hydrogens (primary N) is 1. The molecule has 188 valence electrons. The summed E-state index contributed by atoms with van der Waals surface area (Å²) in [6.45, 7) is 4.30. The Bertz CT molecular complexity index is 1490. The molecular formula is C30H32N6O. The van der Waals surface area contributed by atoms with Crippen LogP contribution in [-0.4, -0.2) is 46.4 Å². The molecule has 1 fully saturated rings. The van der Waals surface area contributed by atoms with Crippen LogP contribution in [-0.2, 0) is 24.2 Å². The minimum atomic E-state index is -0.204. The highest BCUT2D eigenvalue weighted by atomic mass is 16.1. The Kier molecular flexibility index (Phi) is 6.27. The summed E-state index contributed by atoms with van der Waals surface area (Å²) >= 11 is 0. The van der Waals surface area contributed by atoms with Crippen molar-refractivity contribution in [2.24, 2.45) is 11.7 Å². The van der Waals surface area contributed by atoms with Crippen molar-refractivity contribution in [3.63, 3.8) is 0 Å². The molecule has 6 rings (SSSR count). The van der Waals surface area contributed by atoms with Gasteiger partial charge in [-0.3, -0.25) is 14.1 Å². The number of aromatic nitrogens is 2. The minimum absolute atomic E-state index is 0.0741. The number of amides is 1. The second-order valence-corrected chi connectivity index (χ2v) is 10.3. The molecule has 0 radical (unpaired) electrons. The topological polar surface area (TPSA) is 90.7 Å². The first-order valence-electron chi connectivity index (χ1n) is 13.3. The van der Waals surface area contributed by atoms with Crippen LogP contribution < -0.4 is 10.6 Å². The second-order valence-electron chi connectivity index (χ2n) is 10.3. The molecule has 0 atom stereocenters. The van der Waals surface area contributed by atoms with Crippen LogP contribution in [0.15, 0.2) is 54.6 Å². The van der Waals surface area contributed by atoms with Crippen molar-refractivity contribution in [2.75, 3.05) is 31.1 Å². The molecule has 1 amide bonds. The smallest absolute Gasteiger partial charge is 0.220 e. The van der Waals surface area contributed by atoms with Crippen LogP contribution in [0.25, 0.3) is 16.7 Å². The molecule has 0 aliphatic carbocycles. The van der Waals surface area contributed by atoms with Crippen molar-refractivity contribution in [3.8, 4) is 6.07 Å². The molecule has 2 aromatic carbocycles. The molecule has 2 N–H and O–H groups in total. The molecule has 0 unspecified atom stereocenters. The highest BCUT2D eigenvalue weighted by Crippen LogP contribution is 2.38. The number of piperidine rings is 1. The van der Waals surface area contributed by atoms with E-state index in [-0.39, 0.29) is 11.8 Å².